The zero-order valence-corrected chi connectivity index (χ0v) is 10.9. The topological polar surface area (TPSA) is 74.6 Å². The first kappa shape index (κ1) is 12.7. The third kappa shape index (κ3) is 3.28. The summed E-state index contributed by atoms with van der Waals surface area (Å²) in [5.74, 6) is -2.46. The standard InChI is InChI=1S/C8H5IO4S2/c9-15-14-4-1-2-5(7(10)11)6(3-4)8(12)13/h1-3H,(H,10,11)(H,12,13). The maximum absolute atomic E-state index is 10.8. The molecule has 0 radical (unpaired) electrons. The Kier molecular flexibility index (Phi) is 4.74. The van der Waals surface area contributed by atoms with E-state index in [0.717, 1.165) is 4.90 Å². The van der Waals surface area contributed by atoms with E-state index in [9.17, 15) is 9.59 Å². The van der Waals surface area contributed by atoms with Crippen molar-refractivity contribution in [2.75, 3.05) is 0 Å². The van der Waals surface area contributed by atoms with Crippen molar-refractivity contribution in [2.24, 2.45) is 0 Å². The summed E-state index contributed by atoms with van der Waals surface area (Å²) in [7, 11) is 2.81. The SMILES string of the molecule is O=C(O)c1ccc(SSI)cc1C(=O)O. The van der Waals surface area contributed by atoms with Crippen molar-refractivity contribution in [3.05, 3.63) is 29.3 Å². The van der Waals surface area contributed by atoms with Crippen LogP contribution in [0.4, 0.5) is 0 Å². The molecule has 1 rings (SSSR count). The number of aromatic carboxylic acids is 2. The Morgan fingerprint density at radius 2 is 1.73 bits per heavy atom. The van der Waals surface area contributed by atoms with E-state index in [1.807, 2.05) is 0 Å². The summed E-state index contributed by atoms with van der Waals surface area (Å²) in [5.41, 5.74) is -0.372. The maximum atomic E-state index is 10.8. The quantitative estimate of drug-likeness (QED) is 0.638. The molecule has 0 aliphatic heterocycles. The number of carbonyl (C=O) groups is 2. The van der Waals surface area contributed by atoms with Gasteiger partial charge in [-0.3, -0.25) is 0 Å². The molecule has 0 atom stereocenters. The van der Waals surface area contributed by atoms with Crippen molar-refractivity contribution in [1.29, 1.82) is 0 Å². The molecule has 0 spiro atoms. The van der Waals surface area contributed by atoms with Gasteiger partial charge in [-0.1, -0.05) is 0 Å². The second-order valence-corrected chi connectivity index (χ2v) is 7.34. The molecule has 0 fully saturated rings. The van der Waals surface area contributed by atoms with Gasteiger partial charge in [0.2, 0.25) is 0 Å². The molecule has 15 heavy (non-hydrogen) atoms. The third-order valence-corrected chi connectivity index (χ3v) is 4.47. The maximum Gasteiger partial charge on any atom is 0.336 e. The van der Waals surface area contributed by atoms with E-state index in [4.69, 9.17) is 10.2 Å². The van der Waals surface area contributed by atoms with Crippen LogP contribution >= 0.6 is 40.0 Å². The number of carboxylic acid groups (broad SMARTS) is 2. The number of rotatable bonds is 4. The van der Waals surface area contributed by atoms with Gasteiger partial charge in [0.15, 0.2) is 0 Å². The Morgan fingerprint density at radius 3 is 2.20 bits per heavy atom. The van der Waals surface area contributed by atoms with Crippen molar-refractivity contribution in [1.82, 2.24) is 0 Å². The first-order chi connectivity index (χ1) is 7.06. The van der Waals surface area contributed by atoms with Crippen molar-refractivity contribution >= 4 is 51.9 Å². The molecule has 0 bridgehead atoms. The number of hydrogen-bond acceptors (Lipinski definition) is 4. The van der Waals surface area contributed by atoms with Gasteiger partial charge in [-0.05, 0) is 37.0 Å². The molecule has 0 unspecified atom stereocenters. The molecule has 0 heterocycles. The normalized spacial score (nSPS) is 9.93. The molecule has 2 N–H and O–H groups in total. The average molecular weight is 356 g/mol. The molecule has 1 aromatic carbocycles. The first-order valence-electron chi connectivity index (χ1n) is 3.62. The second-order valence-electron chi connectivity index (χ2n) is 2.46. The van der Waals surface area contributed by atoms with Gasteiger partial charge in [0.1, 0.15) is 0 Å². The van der Waals surface area contributed by atoms with Crippen LogP contribution in [0.5, 0.6) is 0 Å². The van der Waals surface area contributed by atoms with E-state index < -0.39 is 11.9 Å². The predicted molar refractivity (Wildman–Crippen MR) is 67.8 cm³/mol. The molecule has 4 nitrogen and oxygen atoms in total. The van der Waals surface area contributed by atoms with Gasteiger partial charge in [0.25, 0.3) is 0 Å². The van der Waals surface area contributed by atoms with Gasteiger partial charge in [-0.2, -0.15) is 0 Å². The Labute approximate surface area is 105 Å². The van der Waals surface area contributed by atoms with E-state index in [1.54, 1.807) is 6.07 Å². The Hall–Kier alpha value is -0.410. The predicted octanol–water partition coefficient (Wildman–Crippen LogP) is 3.17. The zero-order valence-electron chi connectivity index (χ0n) is 7.14. The molecule has 7 heteroatoms. The van der Waals surface area contributed by atoms with Crippen LogP contribution < -0.4 is 0 Å². The highest BCUT2D eigenvalue weighted by Crippen LogP contribution is 2.36. The van der Waals surface area contributed by atoms with Crippen molar-refractivity contribution in [2.45, 2.75) is 4.90 Å². The summed E-state index contributed by atoms with van der Waals surface area (Å²) in [4.78, 5) is 22.2. The summed E-state index contributed by atoms with van der Waals surface area (Å²) < 4.78 is 0. The Balaban J connectivity index is 3.21. The molecule has 0 aliphatic rings. The van der Waals surface area contributed by atoms with Crippen LogP contribution in [0, 0.1) is 0 Å². The highest BCUT2D eigenvalue weighted by Gasteiger charge is 2.16. The molecule has 0 aliphatic carbocycles. The van der Waals surface area contributed by atoms with Gasteiger partial charge in [-0.15, -0.1) is 0 Å². The average Bonchev–Trinajstić information content (AvgIpc) is 2.17. The molecule has 80 valence electrons. The van der Waals surface area contributed by atoms with Crippen LogP contribution in [0.2, 0.25) is 0 Å². The Morgan fingerprint density at radius 1 is 1.13 bits per heavy atom. The largest absolute Gasteiger partial charge is 0.478 e. The lowest BCUT2D eigenvalue weighted by atomic mass is 10.1. The number of hydrogen-bond donors (Lipinski definition) is 2. The lowest BCUT2D eigenvalue weighted by Crippen LogP contribution is -2.07. The number of halogens is 1. The summed E-state index contributed by atoms with van der Waals surface area (Å²) in [6.07, 6.45) is 0. The number of carboxylic acids is 2. The smallest absolute Gasteiger partial charge is 0.336 e. The van der Waals surface area contributed by atoms with Crippen LogP contribution in [0.1, 0.15) is 20.7 Å². The van der Waals surface area contributed by atoms with Gasteiger partial charge in [-0.25, -0.2) is 9.59 Å². The fourth-order valence-corrected chi connectivity index (χ4v) is 3.73. The van der Waals surface area contributed by atoms with Crippen molar-refractivity contribution < 1.29 is 19.8 Å². The molecular weight excluding hydrogens is 351 g/mol. The minimum absolute atomic E-state index is 0.182. The summed E-state index contributed by atoms with van der Waals surface area (Å²) >= 11 is 2.06. The van der Waals surface area contributed by atoms with Gasteiger partial charge < -0.3 is 10.2 Å². The summed E-state index contributed by atoms with van der Waals surface area (Å²) in [6.45, 7) is 0. The molecule has 0 saturated carbocycles. The summed E-state index contributed by atoms with van der Waals surface area (Å²) in [5, 5.41) is 17.6. The van der Waals surface area contributed by atoms with E-state index in [-0.39, 0.29) is 11.1 Å². The monoisotopic (exact) mass is 356 g/mol. The lowest BCUT2D eigenvalue weighted by Gasteiger charge is -2.03. The molecule has 0 saturated heterocycles. The minimum Gasteiger partial charge on any atom is -0.478 e. The van der Waals surface area contributed by atoms with Crippen LogP contribution in [0.15, 0.2) is 23.1 Å². The second kappa shape index (κ2) is 5.61. The van der Waals surface area contributed by atoms with Crippen molar-refractivity contribution in [3.8, 4) is 0 Å². The van der Waals surface area contributed by atoms with Crippen LogP contribution in [-0.2, 0) is 0 Å². The first-order valence-corrected chi connectivity index (χ1v) is 8.31. The van der Waals surface area contributed by atoms with Gasteiger partial charge in [0.05, 0.1) is 11.1 Å². The van der Waals surface area contributed by atoms with E-state index in [2.05, 4.69) is 21.2 Å². The fourth-order valence-electron chi connectivity index (χ4n) is 0.975. The molecular formula is C8H5IO4S2. The van der Waals surface area contributed by atoms with E-state index >= 15 is 0 Å². The van der Waals surface area contributed by atoms with Gasteiger partial charge in [0, 0.05) is 26.1 Å². The van der Waals surface area contributed by atoms with E-state index in [0.29, 0.717) is 0 Å². The molecule has 0 aromatic heterocycles. The van der Waals surface area contributed by atoms with Crippen molar-refractivity contribution in [3.63, 3.8) is 0 Å². The van der Waals surface area contributed by atoms with Gasteiger partial charge >= 0.3 is 11.9 Å². The highest BCUT2D eigenvalue weighted by atomic mass is 127. The minimum atomic E-state index is -1.23. The Bertz CT molecular complexity index is 408. The highest BCUT2D eigenvalue weighted by molar-refractivity contribution is 14.2. The molecule has 0 amide bonds. The third-order valence-electron chi connectivity index (χ3n) is 1.58. The number of benzene rings is 1. The van der Waals surface area contributed by atoms with Crippen LogP contribution in [-0.4, -0.2) is 22.2 Å². The lowest BCUT2D eigenvalue weighted by molar-refractivity contribution is 0.0651. The fraction of sp³-hybridized carbons (Fsp3) is 0. The molecule has 1 aromatic rings. The van der Waals surface area contributed by atoms with Crippen LogP contribution in [0.25, 0.3) is 0 Å². The summed E-state index contributed by atoms with van der Waals surface area (Å²) in [6, 6.07) is 4.26. The van der Waals surface area contributed by atoms with E-state index in [1.165, 1.54) is 30.9 Å². The van der Waals surface area contributed by atoms with Crippen LogP contribution in [0.3, 0.4) is 0 Å². The zero-order chi connectivity index (χ0) is 11.4.